The van der Waals surface area contributed by atoms with E-state index in [2.05, 4.69) is 39.4 Å². The van der Waals surface area contributed by atoms with Gasteiger partial charge in [0, 0.05) is 38.8 Å². The number of hydrogen-bond donors (Lipinski definition) is 1. The highest BCUT2D eigenvalue weighted by Gasteiger charge is 2.24. The molecule has 0 saturated carbocycles. The first-order valence-corrected chi connectivity index (χ1v) is 10.1. The van der Waals surface area contributed by atoms with Crippen LogP contribution in [0.1, 0.15) is 24.8 Å². The topological polar surface area (TPSA) is 35.6 Å². The van der Waals surface area contributed by atoms with Gasteiger partial charge in [0.25, 0.3) is 0 Å². The number of carbonyl (C=O) groups excluding carboxylic acids is 1. The van der Waals surface area contributed by atoms with Gasteiger partial charge in [0.1, 0.15) is 4.32 Å². The van der Waals surface area contributed by atoms with E-state index in [1.807, 2.05) is 6.07 Å². The molecule has 2 fully saturated rings. The van der Waals surface area contributed by atoms with Gasteiger partial charge in [-0.15, -0.1) is 0 Å². The van der Waals surface area contributed by atoms with Gasteiger partial charge in [-0.05, 0) is 24.8 Å². The van der Waals surface area contributed by atoms with Crippen LogP contribution in [0.3, 0.4) is 0 Å². The second kappa shape index (κ2) is 8.83. The van der Waals surface area contributed by atoms with Crippen LogP contribution in [0.25, 0.3) is 0 Å². The number of nitrogens with one attached hydrogen (secondary N) is 1. The summed E-state index contributed by atoms with van der Waals surface area (Å²) in [5.41, 5.74) is 1.33. The van der Waals surface area contributed by atoms with Gasteiger partial charge in [-0.25, -0.2) is 0 Å². The molecule has 2 aliphatic heterocycles. The molecule has 6 heteroatoms. The van der Waals surface area contributed by atoms with Crippen molar-refractivity contribution < 1.29 is 4.79 Å². The number of nitrogens with zero attached hydrogens (tertiary/aromatic N) is 2. The maximum Gasteiger partial charge on any atom is 0.230 e. The second-order valence-electron chi connectivity index (χ2n) is 6.52. The van der Waals surface area contributed by atoms with E-state index in [0.717, 1.165) is 43.5 Å². The van der Waals surface area contributed by atoms with Crippen molar-refractivity contribution in [3.05, 3.63) is 35.9 Å². The van der Waals surface area contributed by atoms with E-state index in [-0.39, 0.29) is 11.9 Å². The van der Waals surface area contributed by atoms with E-state index in [4.69, 9.17) is 12.2 Å². The molecule has 130 valence electrons. The Morgan fingerprint density at radius 2 is 1.96 bits per heavy atom. The van der Waals surface area contributed by atoms with Gasteiger partial charge >= 0.3 is 0 Å². The van der Waals surface area contributed by atoms with Gasteiger partial charge in [0.15, 0.2) is 0 Å². The number of benzene rings is 1. The molecule has 2 saturated heterocycles. The van der Waals surface area contributed by atoms with Gasteiger partial charge < -0.3 is 10.2 Å². The van der Waals surface area contributed by atoms with Crippen LogP contribution in [0, 0.1) is 0 Å². The quantitative estimate of drug-likeness (QED) is 0.814. The van der Waals surface area contributed by atoms with Crippen LogP contribution in [-0.2, 0) is 11.3 Å². The van der Waals surface area contributed by atoms with E-state index >= 15 is 0 Å². The van der Waals surface area contributed by atoms with Gasteiger partial charge in [-0.1, -0.05) is 54.3 Å². The lowest BCUT2D eigenvalue weighted by atomic mass is 10.2. The number of likely N-dealkylation sites (tertiary alicyclic amines) is 2. The van der Waals surface area contributed by atoms with E-state index in [0.29, 0.717) is 5.75 Å². The molecular formula is C18H25N3OS2. The van der Waals surface area contributed by atoms with Gasteiger partial charge in [0.2, 0.25) is 5.91 Å². The normalized spacial score (nSPS) is 21.2. The molecular weight excluding hydrogens is 338 g/mol. The first-order valence-electron chi connectivity index (χ1n) is 8.68. The van der Waals surface area contributed by atoms with Crippen molar-refractivity contribution >= 4 is 34.2 Å². The Hall–Kier alpha value is -1.11. The van der Waals surface area contributed by atoms with Crippen LogP contribution in [0.5, 0.6) is 0 Å². The first-order chi connectivity index (χ1) is 11.7. The minimum Gasteiger partial charge on any atom is -0.358 e. The fourth-order valence-corrected chi connectivity index (χ4v) is 4.39. The molecule has 0 aliphatic carbocycles. The number of hydrogen-bond acceptors (Lipinski definition) is 4. The SMILES string of the molecule is O=C(CSC(=S)N1CCCC1)N[C@H]1CCN(Cc2ccccc2)C1. The summed E-state index contributed by atoms with van der Waals surface area (Å²) in [6.07, 6.45) is 3.46. The zero-order valence-electron chi connectivity index (χ0n) is 13.9. The number of rotatable bonds is 5. The monoisotopic (exact) mass is 363 g/mol. The predicted molar refractivity (Wildman–Crippen MR) is 104 cm³/mol. The van der Waals surface area contributed by atoms with Crippen molar-refractivity contribution in [3.63, 3.8) is 0 Å². The van der Waals surface area contributed by atoms with Crippen LogP contribution in [0.2, 0.25) is 0 Å². The van der Waals surface area contributed by atoms with Crippen molar-refractivity contribution in [2.24, 2.45) is 0 Å². The van der Waals surface area contributed by atoms with Crippen molar-refractivity contribution in [2.75, 3.05) is 31.9 Å². The maximum atomic E-state index is 12.2. The van der Waals surface area contributed by atoms with Crippen molar-refractivity contribution in [2.45, 2.75) is 31.8 Å². The molecule has 4 nitrogen and oxygen atoms in total. The maximum absolute atomic E-state index is 12.2. The molecule has 1 atom stereocenters. The van der Waals surface area contributed by atoms with Crippen LogP contribution in [0.4, 0.5) is 0 Å². The molecule has 0 radical (unpaired) electrons. The molecule has 0 aromatic heterocycles. The Morgan fingerprint density at radius 1 is 1.21 bits per heavy atom. The summed E-state index contributed by atoms with van der Waals surface area (Å²) in [5, 5.41) is 3.16. The summed E-state index contributed by atoms with van der Waals surface area (Å²) in [6.45, 7) is 5.02. The highest BCUT2D eigenvalue weighted by Crippen LogP contribution is 2.17. The lowest BCUT2D eigenvalue weighted by Gasteiger charge is -2.18. The van der Waals surface area contributed by atoms with Crippen LogP contribution in [0.15, 0.2) is 30.3 Å². The molecule has 2 heterocycles. The molecule has 2 aliphatic rings. The lowest BCUT2D eigenvalue weighted by Crippen LogP contribution is -2.38. The average molecular weight is 364 g/mol. The Labute approximate surface area is 154 Å². The van der Waals surface area contributed by atoms with Gasteiger partial charge in [-0.2, -0.15) is 0 Å². The van der Waals surface area contributed by atoms with E-state index in [9.17, 15) is 4.79 Å². The van der Waals surface area contributed by atoms with Gasteiger partial charge in [0.05, 0.1) is 5.75 Å². The third-order valence-corrected chi connectivity index (χ3v) is 6.10. The van der Waals surface area contributed by atoms with E-state index in [1.165, 1.54) is 30.2 Å². The Morgan fingerprint density at radius 3 is 2.71 bits per heavy atom. The molecule has 1 aromatic rings. The molecule has 24 heavy (non-hydrogen) atoms. The van der Waals surface area contributed by atoms with Crippen LogP contribution < -0.4 is 5.32 Å². The van der Waals surface area contributed by atoms with Crippen LogP contribution >= 0.6 is 24.0 Å². The Bertz CT molecular complexity index is 561. The molecule has 0 unspecified atom stereocenters. The summed E-state index contributed by atoms with van der Waals surface area (Å²) in [7, 11) is 0. The van der Waals surface area contributed by atoms with E-state index < -0.39 is 0 Å². The largest absolute Gasteiger partial charge is 0.358 e. The molecule has 0 bridgehead atoms. The number of thioether (sulfide) groups is 1. The molecule has 1 aromatic carbocycles. The zero-order valence-corrected chi connectivity index (χ0v) is 15.6. The summed E-state index contributed by atoms with van der Waals surface area (Å²) >= 11 is 6.91. The van der Waals surface area contributed by atoms with Crippen molar-refractivity contribution in [1.29, 1.82) is 0 Å². The first kappa shape index (κ1) is 17.7. The smallest absolute Gasteiger partial charge is 0.230 e. The second-order valence-corrected chi connectivity index (χ2v) is 8.13. The third-order valence-electron chi connectivity index (χ3n) is 4.58. The lowest BCUT2D eigenvalue weighted by molar-refractivity contribution is -0.119. The van der Waals surface area contributed by atoms with Crippen LogP contribution in [-0.4, -0.2) is 58.0 Å². The average Bonchev–Trinajstić information content (AvgIpc) is 3.26. The van der Waals surface area contributed by atoms with Crippen molar-refractivity contribution in [1.82, 2.24) is 15.1 Å². The summed E-state index contributed by atoms with van der Waals surface area (Å²) in [4.78, 5) is 16.8. The Kier molecular flexibility index (Phi) is 6.51. The van der Waals surface area contributed by atoms with Gasteiger partial charge in [-0.3, -0.25) is 9.69 Å². The van der Waals surface area contributed by atoms with Crippen molar-refractivity contribution in [3.8, 4) is 0 Å². The fourth-order valence-electron chi connectivity index (χ4n) is 3.32. The van der Waals surface area contributed by atoms with E-state index in [1.54, 1.807) is 0 Å². The molecule has 1 amide bonds. The minimum absolute atomic E-state index is 0.105. The summed E-state index contributed by atoms with van der Waals surface area (Å²) in [5.74, 6) is 0.540. The molecule has 0 spiro atoms. The number of amides is 1. The predicted octanol–water partition coefficient (Wildman–Crippen LogP) is 2.49. The highest BCUT2D eigenvalue weighted by atomic mass is 32.2. The number of carbonyl (C=O) groups is 1. The summed E-state index contributed by atoms with van der Waals surface area (Å²) in [6, 6.07) is 10.8. The fraction of sp³-hybridized carbons (Fsp3) is 0.556. The minimum atomic E-state index is 0.105. The number of thiocarbonyl (C=S) groups is 1. The standard InChI is InChI=1S/C18H25N3OS2/c22-17(14-24-18(23)21-9-4-5-10-21)19-16-8-11-20(13-16)12-15-6-2-1-3-7-15/h1-3,6-7,16H,4-5,8-14H2,(H,19,22)/t16-/m0/s1. The highest BCUT2D eigenvalue weighted by molar-refractivity contribution is 8.23. The molecule has 3 rings (SSSR count). The zero-order chi connectivity index (χ0) is 16.8. The Balaban J connectivity index is 1.35. The third kappa shape index (κ3) is 5.19. The summed E-state index contributed by atoms with van der Waals surface area (Å²) < 4.78 is 0.875. The molecule has 1 N–H and O–H groups in total.